The average Bonchev–Trinajstić information content (AvgIpc) is 2.96. The molecule has 0 aliphatic carbocycles. The molecule has 0 aromatic heterocycles. The van der Waals surface area contributed by atoms with E-state index in [2.05, 4.69) is 0 Å². The number of para-hydroxylation sites is 1. The van der Waals surface area contributed by atoms with Gasteiger partial charge in [-0.1, -0.05) is 50.6 Å². The van der Waals surface area contributed by atoms with Gasteiger partial charge in [0, 0.05) is 54.1 Å². The van der Waals surface area contributed by atoms with Crippen LogP contribution in [0.3, 0.4) is 0 Å². The predicted molar refractivity (Wildman–Crippen MR) is 158 cm³/mol. The lowest BCUT2D eigenvalue weighted by Crippen LogP contribution is -2.51. The topological polar surface area (TPSA) is 117 Å². The highest BCUT2D eigenvalue weighted by molar-refractivity contribution is 6.31. The Morgan fingerprint density at radius 1 is 1.02 bits per heavy atom. The first-order chi connectivity index (χ1) is 19.9. The van der Waals surface area contributed by atoms with Crippen molar-refractivity contribution in [3.05, 3.63) is 58.6 Å². The molecule has 1 atom stereocenters. The van der Waals surface area contributed by atoms with E-state index in [0.717, 1.165) is 5.56 Å². The first-order valence-corrected chi connectivity index (χ1v) is 14.4. The first kappa shape index (κ1) is 31.3. The number of likely N-dealkylation sites (tertiary alicyclic amines) is 1. The molecule has 10 nitrogen and oxygen atoms in total. The Bertz CT molecular complexity index is 1330. The third kappa shape index (κ3) is 7.22. The third-order valence-electron chi connectivity index (χ3n) is 7.53. The van der Waals surface area contributed by atoms with Crippen molar-refractivity contribution in [1.29, 1.82) is 0 Å². The van der Waals surface area contributed by atoms with Gasteiger partial charge in [0.05, 0.1) is 13.7 Å². The highest BCUT2D eigenvalue weighted by atomic mass is 35.5. The lowest BCUT2D eigenvalue weighted by molar-refractivity contribution is -0.157. The number of aliphatic carboxylic acids is 1. The standard InChI is InChI=1S/C31H38ClN3O7/c1-31(2,3)19-35-24-10-9-20(32)17-23(24)28(22-7-5-6-8-25(22)41-4)42-16-15-34(26(36)18-27(35)37)21-11-13-33(14-12-21)29(38)30(39)40/h5-10,17,21,28H,11-16,18-19H2,1-4H3,(H,39,40). The number of piperidine rings is 1. The molecule has 2 aromatic rings. The van der Waals surface area contributed by atoms with Crippen LogP contribution >= 0.6 is 11.6 Å². The Hall–Kier alpha value is -3.63. The van der Waals surface area contributed by atoms with Crippen LogP contribution in [0.25, 0.3) is 0 Å². The van der Waals surface area contributed by atoms with Gasteiger partial charge in [0.25, 0.3) is 0 Å². The van der Waals surface area contributed by atoms with Crippen LogP contribution in [0.15, 0.2) is 42.5 Å². The van der Waals surface area contributed by atoms with Crippen LogP contribution in [-0.2, 0) is 23.9 Å². The number of hydrogen-bond donors (Lipinski definition) is 1. The van der Waals surface area contributed by atoms with E-state index in [9.17, 15) is 19.2 Å². The monoisotopic (exact) mass is 599 g/mol. The van der Waals surface area contributed by atoms with E-state index >= 15 is 0 Å². The fourth-order valence-electron chi connectivity index (χ4n) is 5.62. The zero-order chi connectivity index (χ0) is 30.6. The molecule has 11 heteroatoms. The molecule has 2 heterocycles. The smallest absolute Gasteiger partial charge is 0.394 e. The van der Waals surface area contributed by atoms with Gasteiger partial charge in [0.15, 0.2) is 0 Å². The maximum atomic E-state index is 14.0. The van der Waals surface area contributed by atoms with Gasteiger partial charge in [0.1, 0.15) is 18.3 Å². The second-order valence-corrected chi connectivity index (χ2v) is 12.3. The fraction of sp³-hybridized carbons (Fsp3) is 0.484. The summed E-state index contributed by atoms with van der Waals surface area (Å²) < 4.78 is 12.2. The van der Waals surface area contributed by atoms with E-state index in [1.165, 1.54) is 4.90 Å². The molecule has 42 heavy (non-hydrogen) atoms. The lowest BCUT2D eigenvalue weighted by Gasteiger charge is -2.38. The van der Waals surface area contributed by atoms with Crippen molar-refractivity contribution in [2.24, 2.45) is 5.41 Å². The molecule has 1 N–H and O–H groups in total. The van der Waals surface area contributed by atoms with Crippen molar-refractivity contribution >= 4 is 41.0 Å². The van der Waals surface area contributed by atoms with E-state index in [1.54, 1.807) is 35.1 Å². The van der Waals surface area contributed by atoms with Crippen LogP contribution in [0.4, 0.5) is 5.69 Å². The number of carbonyl (C=O) groups is 4. The summed E-state index contributed by atoms with van der Waals surface area (Å²) in [6, 6.07) is 12.5. The SMILES string of the molecule is COc1ccccc1C1OCCN(C2CCN(C(=O)C(=O)O)CC2)C(=O)CC(=O)N(CC(C)(C)C)c2ccc(Cl)cc21. The summed E-state index contributed by atoms with van der Waals surface area (Å²) in [5, 5.41) is 9.58. The number of nitrogens with zero attached hydrogens (tertiary/aromatic N) is 3. The van der Waals surface area contributed by atoms with E-state index in [4.69, 9.17) is 26.2 Å². The van der Waals surface area contributed by atoms with Crippen LogP contribution in [-0.4, -0.2) is 84.5 Å². The molecular weight excluding hydrogens is 562 g/mol. The van der Waals surface area contributed by atoms with Gasteiger partial charge >= 0.3 is 11.9 Å². The van der Waals surface area contributed by atoms with Gasteiger partial charge in [-0.15, -0.1) is 0 Å². The van der Waals surface area contributed by atoms with Crippen molar-refractivity contribution in [1.82, 2.24) is 9.80 Å². The van der Waals surface area contributed by atoms with E-state index in [-0.39, 0.29) is 55.9 Å². The number of carboxylic acid groups (broad SMARTS) is 1. The minimum atomic E-state index is -1.50. The van der Waals surface area contributed by atoms with E-state index < -0.39 is 18.0 Å². The summed E-state index contributed by atoms with van der Waals surface area (Å²) in [5.74, 6) is -2.52. The Balaban J connectivity index is 1.75. The molecule has 0 spiro atoms. The van der Waals surface area contributed by atoms with Crippen LogP contribution in [0, 0.1) is 5.41 Å². The molecule has 2 aliphatic heterocycles. The third-order valence-corrected chi connectivity index (χ3v) is 7.77. The summed E-state index contributed by atoms with van der Waals surface area (Å²) in [6.07, 6.45) is -0.200. The number of carboxylic acids is 1. The maximum Gasteiger partial charge on any atom is 0.394 e. The average molecular weight is 600 g/mol. The van der Waals surface area contributed by atoms with Gasteiger partial charge < -0.3 is 29.3 Å². The zero-order valence-corrected chi connectivity index (χ0v) is 25.2. The largest absolute Gasteiger partial charge is 0.496 e. The molecule has 4 rings (SSSR count). The normalized spacial score (nSPS) is 19.3. The summed E-state index contributed by atoms with van der Waals surface area (Å²) in [6.45, 7) is 7.20. The molecule has 2 aromatic carbocycles. The number of fused-ring (bicyclic) bond motifs is 1. The molecule has 0 radical (unpaired) electrons. The molecule has 2 aliphatic rings. The molecular formula is C31H38ClN3O7. The Morgan fingerprint density at radius 2 is 1.71 bits per heavy atom. The molecule has 226 valence electrons. The summed E-state index contributed by atoms with van der Waals surface area (Å²) >= 11 is 6.50. The highest BCUT2D eigenvalue weighted by Crippen LogP contribution is 2.40. The van der Waals surface area contributed by atoms with Crippen molar-refractivity contribution in [3.8, 4) is 5.75 Å². The summed E-state index contributed by atoms with van der Waals surface area (Å²) in [7, 11) is 1.58. The fourth-order valence-corrected chi connectivity index (χ4v) is 5.80. The number of hydrogen-bond acceptors (Lipinski definition) is 6. The van der Waals surface area contributed by atoms with Crippen LogP contribution in [0.2, 0.25) is 5.02 Å². The minimum Gasteiger partial charge on any atom is -0.496 e. The van der Waals surface area contributed by atoms with Gasteiger partial charge in [-0.05, 0) is 42.5 Å². The number of methoxy groups -OCH3 is 1. The van der Waals surface area contributed by atoms with Crippen molar-refractivity contribution < 1.29 is 33.8 Å². The minimum absolute atomic E-state index is 0.155. The van der Waals surface area contributed by atoms with E-state index in [0.29, 0.717) is 41.4 Å². The van der Waals surface area contributed by atoms with Gasteiger partial charge in [-0.25, -0.2) is 4.79 Å². The van der Waals surface area contributed by atoms with Crippen molar-refractivity contribution in [2.45, 2.75) is 52.2 Å². The van der Waals surface area contributed by atoms with Gasteiger partial charge in [-0.2, -0.15) is 0 Å². The molecule has 0 bridgehead atoms. The number of carbonyl (C=O) groups excluding carboxylic acids is 3. The van der Waals surface area contributed by atoms with Crippen LogP contribution in [0.1, 0.15) is 57.3 Å². The van der Waals surface area contributed by atoms with E-state index in [1.807, 2.05) is 45.0 Å². The molecule has 3 amide bonds. The first-order valence-electron chi connectivity index (χ1n) is 14.1. The number of halogens is 1. The van der Waals surface area contributed by atoms with Gasteiger partial charge in [0.2, 0.25) is 11.8 Å². The summed E-state index contributed by atoms with van der Waals surface area (Å²) in [4.78, 5) is 55.4. The highest BCUT2D eigenvalue weighted by Gasteiger charge is 2.36. The second-order valence-electron chi connectivity index (χ2n) is 11.8. The number of ether oxygens (including phenoxy) is 2. The van der Waals surface area contributed by atoms with Gasteiger partial charge in [-0.3, -0.25) is 14.4 Å². The second kappa shape index (κ2) is 13.1. The van der Waals surface area contributed by atoms with Crippen molar-refractivity contribution in [2.75, 3.05) is 44.8 Å². The zero-order valence-electron chi connectivity index (χ0n) is 24.5. The molecule has 1 unspecified atom stereocenters. The Labute approximate surface area is 251 Å². The van der Waals surface area contributed by atoms with Crippen LogP contribution in [0.5, 0.6) is 5.75 Å². The quantitative estimate of drug-likeness (QED) is 0.415. The molecule has 1 saturated heterocycles. The molecule has 1 fully saturated rings. The number of amides is 3. The summed E-state index contributed by atoms with van der Waals surface area (Å²) in [5.41, 5.74) is 1.76. The van der Waals surface area contributed by atoms with Crippen molar-refractivity contribution in [3.63, 3.8) is 0 Å². The number of benzene rings is 2. The number of rotatable bonds is 4. The molecule has 0 saturated carbocycles. The predicted octanol–water partition coefficient (Wildman–Crippen LogP) is 4.14. The van der Waals surface area contributed by atoms with Crippen LogP contribution < -0.4 is 9.64 Å². The Morgan fingerprint density at radius 3 is 2.36 bits per heavy atom. The lowest BCUT2D eigenvalue weighted by atomic mass is 9.93. The Kier molecular flexibility index (Phi) is 9.78. The number of anilines is 1. The maximum absolute atomic E-state index is 14.0.